The summed E-state index contributed by atoms with van der Waals surface area (Å²) in [5.74, 6) is 0. The van der Waals surface area contributed by atoms with Crippen LogP contribution >= 0.6 is 13.5 Å². The van der Waals surface area contributed by atoms with Gasteiger partial charge in [0.25, 0.3) is 0 Å². The first-order valence-electron chi connectivity index (χ1n) is 3.02. The molecule has 0 aliphatic carbocycles. The molecule has 54 valence electrons. The van der Waals surface area contributed by atoms with Crippen molar-refractivity contribution >= 4 is 19.6 Å². The van der Waals surface area contributed by atoms with Crippen molar-refractivity contribution in [2.45, 2.75) is 6.92 Å². The molecule has 1 aromatic rings. The summed E-state index contributed by atoms with van der Waals surface area (Å²) in [5.41, 5.74) is 2.50. The van der Waals surface area contributed by atoms with Gasteiger partial charge in [-0.05, 0) is 18.1 Å². The van der Waals surface area contributed by atoms with E-state index >= 15 is 0 Å². The van der Waals surface area contributed by atoms with E-state index in [-0.39, 0.29) is 13.5 Å². The number of hydrogen-bond acceptors (Lipinski definition) is 0. The van der Waals surface area contributed by atoms with Crippen molar-refractivity contribution in [3.8, 4) is 0 Å². The van der Waals surface area contributed by atoms with Crippen molar-refractivity contribution in [2.24, 2.45) is 0 Å². The van der Waals surface area contributed by atoms with Gasteiger partial charge in [0.05, 0.1) is 0 Å². The Balaban J connectivity index is 0.000000810. The van der Waals surface area contributed by atoms with Gasteiger partial charge in [-0.2, -0.15) is 13.5 Å². The van der Waals surface area contributed by atoms with Crippen LogP contribution in [-0.2, 0) is 0 Å². The number of hydrogen-bond donors (Lipinski definition) is 0. The molecule has 0 N–H and O–H groups in total. The van der Waals surface area contributed by atoms with Crippen LogP contribution in [0, 0.1) is 6.92 Å². The Morgan fingerprint density at radius 2 is 1.90 bits per heavy atom. The third-order valence-corrected chi connectivity index (χ3v) is 1.41. The number of rotatable bonds is 1. The average Bonchev–Trinajstić information content (AvgIpc) is 1.89. The van der Waals surface area contributed by atoms with Crippen LogP contribution in [0.15, 0.2) is 30.8 Å². The molecule has 0 radical (unpaired) electrons. The molecule has 0 fully saturated rings. The number of aryl methyl sites for hydroxylation is 1. The lowest BCUT2D eigenvalue weighted by atomic mass is 10.1. The van der Waals surface area contributed by atoms with E-state index in [0.29, 0.717) is 0 Å². The zero-order chi connectivity index (χ0) is 6.69. The van der Waals surface area contributed by atoms with E-state index in [9.17, 15) is 0 Å². The summed E-state index contributed by atoms with van der Waals surface area (Å²) in [4.78, 5) is 0. The summed E-state index contributed by atoms with van der Waals surface area (Å²) < 4.78 is 0. The van der Waals surface area contributed by atoms with E-state index in [1.807, 2.05) is 18.2 Å². The molecule has 0 bridgehead atoms. The fraction of sp³-hybridized carbons (Fsp3) is 0.111. The molecule has 0 aliphatic rings. The van der Waals surface area contributed by atoms with Crippen LogP contribution in [-0.4, -0.2) is 0 Å². The maximum Gasteiger partial charge on any atom is -0.0233 e. The van der Waals surface area contributed by atoms with Gasteiger partial charge in [-0.25, -0.2) is 0 Å². The van der Waals surface area contributed by atoms with Gasteiger partial charge in [-0.3, -0.25) is 0 Å². The Morgan fingerprint density at radius 3 is 2.30 bits per heavy atom. The molecule has 0 saturated carbocycles. The van der Waals surface area contributed by atoms with E-state index in [1.165, 1.54) is 11.1 Å². The van der Waals surface area contributed by atoms with Crippen LogP contribution in [0.1, 0.15) is 11.1 Å². The Bertz CT molecular complexity index is 216. The summed E-state index contributed by atoms with van der Waals surface area (Å²) in [6.07, 6.45) is 1.87. The van der Waals surface area contributed by atoms with Gasteiger partial charge < -0.3 is 0 Å². The zero-order valence-electron chi connectivity index (χ0n) is 6.09. The quantitative estimate of drug-likeness (QED) is 0.580. The molecule has 0 spiro atoms. The van der Waals surface area contributed by atoms with E-state index < -0.39 is 0 Å². The van der Waals surface area contributed by atoms with E-state index in [2.05, 4.69) is 25.6 Å². The first kappa shape index (κ1) is 9.31. The molecule has 0 amide bonds. The first-order chi connectivity index (χ1) is 4.34. The van der Waals surface area contributed by atoms with Crippen LogP contribution in [0.25, 0.3) is 6.08 Å². The highest BCUT2D eigenvalue weighted by Crippen LogP contribution is 2.06. The van der Waals surface area contributed by atoms with Crippen molar-refractivity contribution in [1.29, 1.82) is 0 Å². The normalized spacial score (nSPS) is 8.10. The molecule has 0 unspecified atom stereocenters. The first-order valence-corrected chi connectivity index (χ1v) is 3.02. The largest absolute Gasteiger partial charge is 0.197 e. The molecule has 0 aliphatic heterocycles. The van der Waals surface area contributed by atoms with Gasteiger partial charge in [0.2, 0.25) is 0 Å². The van der Waals surface area contributed by atoms with Crippen LogP contribution in [0.3, 0.4) is 0 Å². The van der Waals surface area contributed by atoms with E-state index in [4.69, 9.17) is 0 Å². The molecule has 10 heavy (non-hydrogen) atoms. The maximum absolute atomic E-state index is 3.69. The van der Waals surface area contributed by atoms with Crippen molar-refractivity contribution in [2.75, 3.05) is 0 Å². The molecule has 0 aromatic heterocycles. The highest BCUT2D eigenvalue weighted by molar-refractivity contribution is 7.59. The van der Waals surface area contributed by atoms with Crippen molar-refractivity contribution in [1.82, 2.24) is 0 Å². The summed E-state index contributed by atoms with van der Waals surface area (Å²) in [7, 11) is 0. The minimum Gasteiger partial charge on any atom is -0.197 e. The second-order valence-electron chi connectivity index (χ2n) is 2.06. The van der Waals surface area contributed by atoms with Gasteiger partial charge in [-0.1, -0.05) is 36.9 Å². The second kappa shape index (κ2) is 4.18. The Labute approximate surface area is 69.0 Å². The third kappa shape index (κ3) is 1.92. The minimum atomic E-state index is 0. The van der Waals surface area contributed by atoms with Crippen LogP contribution in [0.2, 0.25) is 0 Å². The molecule has 1 rings (SSSR count). The molecule has 0 nitrogen and oxygen atoms in total. The Kier molecular flexibility index (Phi) is 3.89. The van der Waals surface area contributed by atoms with Gasteiger partial charge in [0.15, 0.2) is 0 Å². The van der Waals surface area contributed by atoms with Gasteiger partial charge in [0, 0.05) is 0 Å². The fourth-order valence-corrected chi connectivity index (χ4v) is 0.816. The summed E-state index contributed by atoms with van der Waals surface area (Å²) in [5, 5.41) is 0. The highest BCUT2D eigenvalue weighted by Gasteiger charge is 1.86. The summed E-state index contributed by atoms with van der Waals surface area (Å²) >= 11 is 0. The molecular formula is C9H12S. The average molecular weight is 152 g/mol. The smallest absolute Gasteiger partial charge is 0.0233 e. The van der Waals surface area contributed by atoms with E-state index in [1.54, 1.807) is 0 Å². The zero-order valence-corrected chi connectivity index (χ0v) is 7.09. The summed E-state index contributed by atoms with van der Waals surface area (Å²) in [6, 6.07) is 8.19. The van der Waals surface area contributed by atoms with Gasteiger partial charge in [-0.15, -0.1) is 0 Å². The SMILES string of the molecule is C=Cc1ccccc1C.S. The molecule has 0 saturated heterocycles. The predicted molar refractivity (Wildman–Crippen MR) is 51.7 cm³/mol. The lowest BCUT2D eigenvalue weighted by Crippen LogP contribution is -1.75. The van der Waals surface area contributed by atoms with Crippen LogP contribution < -0.4 is 0 Å². The topological polar surface area (TPSA) is 0 Å². The van der Waals surface area contributed by atoms with Crippen LogP contribution in [0.5, 0.6) is 0 Å². The molecule has 1 aromatic carbocycles. The fourth-order valence-electron chi connectivity index (χ4n) is 0.816. The highest BCUT2D eigenvalue weighted by atomic mass is 32.1. The predicted octanol–water partition coefficient (Wildman–Crippen LogP) is 2.75. The van der Waals surface area contributed by atoms with Crippen molar-refractivity contribution < 1.29 is 0 Å². The molecule has 0 atom stereocenters. The number of benzene rings is 1. The summed E-state index contributed by atoms with van der Waals surface area (Å²) in [6.45, 7) is 5.77. The van der Waals surface area contributed by atoms with Gasteiger partial charge in [0.1, 0.15) is 0 Å². The minimum absolute atomic E-state index is 0. The standard InChI is InChI=1S/C9H10.H2S/c1-3-9-7-5-4-6-8(9)2;/h3-7H,1H2,2H3;1H2. The van der Waals surface area contributed by atoms with Crippen molar-refractivity contribution in [3.63, 3.8) is 0 Å². The monoisotopic (exact) mass is 152 g/mol. The van der Waals surface area contributed by atoms with Gasteiger partial charge >= 0.3 is 0 Å². The van der Waals surface area contributed by atoms with Crippen LogP contribution in [0.4, 0.5) is 0 Å². The maximum atomic E-state index is 3.69. The second-order valence-corrected chi connectivity index (χ2v) is 2.06. The lowest BCUT2D eigenvalue weighted by Gasteiger charge is -1.95. The molecular weight excluding hydrogens is 140 g/mol. The lowest BCUT2D eigenvalue weighted by molar-refractivity contribution is 1.45. The van der Waals surface area contributed by atoms with Crippen molar-refractivity contribution in [3.05, 3.63) is 42.0 Å². The third-order valence-electron chi connectivity index (χ3n) is 1.41. The Hall–Kier alpha value is -0.690. The molecule has 1 heteroatoms. The van der Waals surface area contributed by atoms with E-state index in [0.717, 1.165) is 0 Å². The Morgan fingerprint density at radius 1 is 1.30 bits per heavy atom. The molecule has 0 heterocycles.